The van der Waals surface area contributed by atoms with E-state index in [0.717, 1.165) is 0 Å². The van der Waals surface area contributed by atoms with Gasteiger partial charge in [-0.1, -0.05) is 0 Å². The molecule has 2 rings (SSSR count). The first-order chi connectivity index (χ1) is 12.4. The minimum Gasteiger partial charge on any atom is -0.318 e. The lowest BCUT2D eigenvalue weighted by molar-refractivity contribution is -0.384. The molecule has 0 aliphatic carbocycles. The van der Waals surface area contributed by atoms with Gasteiger partial charge in [-0.05, 0) is 48.9 Å². The number of benzene rings is 2. The normalized spacial score (nSPS) is 10.5. The van der Waals surface area contributed by atoms with Crippen LogP contribution in [0.25, 0.3) is 0 Å². The number of nitro benzene ring substituents is 1. The molecule has 26 heavy (non-hydrogen) atoms. The van der Waals surface area contributed by atoms with Crippen LogP contribution in [-0.4, -0.2) is 22.4 Å². The Balaban J connectivity index is 1.97. The van der Waals surface area contributed by atoms with Crippen LogP contribution in [-0.2, 0) is 9.59 Å². The van der Waals surface area contributed by atoms with Crippen LogP contribution in [0.5, 0.6) is 0 Å². The predicted molar refractivity (Wildman–Crippen MR) is 93.2 cm³/mol. The summed E-state index contributed by atoms with van der Waals surface area (Å²) in [6.45, 7) is 1.58. The molecule has 0 fully saturated rings. The zero-order valence-corrected chi connectivity index (χ0v) is 13.6. The monoisotopic (exact) mass is 351 g/mol. The maximum absolute atomic E-state index is 11.8. The van der Waals surface area contributed by atoms with Crippen molar-refractivity contribution in [1.82, 2.24) is 5.43 Å². The van der Waals surface area contributed by atoms with Crippen molar-refractivity contribution < 1.29 is 14.5 Å². The molecule has 0 heterocycles. The van der Waals surface area contributed by atoms with Crippen LogP contribution in [0, 0.1) is 21.4 Å². The number of rotatable bonds is 4. The number of amides is 2. The lowest BCUT2D eigenvalue weighted by Crippen LogP contribution is -2.32. The van der Waals surface area contributed by atoms with Gasteiger partial charge < -0.3 is 5.32 Å². The van der Waals surface area contributed by atoms with Gasteiger partial charge in [-0.3, -0.25) is 19.7 Å². The van der Waals surface area contributed by atoms with Crippen molar-refractivity contribution in [2.24, 2.45) is 5.10 Å². The maximum atomic E-state index is 11.8. The molecule has 9 nitrogen and oxygen atoms in total. The molecule has 9 heteroatoms. The molecular weight excluding hydrogens is 338 g/mol. The third-order valence-corrected chi connectivity index (χ3v) is 3.30. The van der Waals surface area contributed by atoms with E-state index in [1.54, 1.807) is 6.92 Å². The Bertz CT molecular complexity index is 912. The van der Waals surface area contributed by atoms with E-state index in [1.165, 1.54) is 48.5 Å². The Morgan fingerprint density at radius 1 is 1.08 bits per heavy atom. The molecule has 0 aromatic heterocycles. The molecule has 0 bridgehead atoms. The van der Waals surface area contributed by atoms with E-state index in [1.807, 2.05) is 6.07 Å². The number of anilines is 1. The Kier molecular flexibility index (Phi) is 5.74. The van der Waals surface area contributed by atoms with Crippen LogP contribution in [0.1, 0.15) is 18.1 Å². The molecule has 2 amide bonds. The van der Waals surface area contributed by atoms with Gasteiger partial charge in [0.15, 0.2) is 0 Å². The highest BCUT2D eigenvalue weighted by atomic mass is 16.6. The van der Waals surface area contributed by atoms with Crippen molar-refractivity contribution in [3.8, 4) is 6.07 Å². The molecule has 2 N–H and O–H groups in total. The average molecular weight is 351 g/mol. The predicted octanol–water partition coefficient (Wildman–Crippen LogP) is 1.95. The van der Waals surface area contributed by atoms with Crippen molar-refractivity contribution in [1.29, 1.82) is 5.26 Å². The maximum Gasteiger partial charge on any atom is 0.329 e. The zero-order valence-electron chi connectivity index (χ0n) is 13.6. The topological polar surface area (TPSA) is 137 Å². The van der Waals surface area contributed by atoms with Gasteiger partial charge in [-0.15, -0.1) is 0 Å². The fraction of sp³-hybridized carbons (Fsp3) is 0.0588. The molecule has 0 aliphatic rings. The summed E-state index contributed by atoms with van der Waals surface area (Å²) in [6.07, 6.45) is 0. The summed E-state index contributed by atoms with van der Waals surface area (Å²) in [5, 5.41) is 25.5. The third-order valence-electron chi connectivity index (χ3n) is 3.30. The van der Waals surface area contributed by atoms with Gasteiger partial charge in [0.05, 0.1) is 22.3 Å². The van der Waals surface area contributed by atoms with E-state index >= 15 is 0 Å². The van der Waals surface area contributed by atoms with E-state index in [-0.39, 0.29) is 5.69 Å². The van der Waals surface area contributed by atoms with Gasteiger partial charge in [0.2, 0.25) is 0 Å². The Hall–Kier alpha value is -4.06. The molecular formula is C17H13N5O4. The summed E-state index contributed by atoms with van der Waals surface area (Å²) >= 11 is 0. The number of nitrogens with one attached hydrogen (secondary N) is 2. The number of hydrogen-bond acceptors (Lipinski definition) is 6. The van der Waals surface area contributed by atoms with Crippen molar-refractivity contribution in [3.05, 3.63) is 69.8 Å². The number of carbonyl (C=O) groups is 2. The highest BCUT2D eigenvalue weighted by Gasteiger charge is 2.13. The number of nitrogens with zero attached hydrogens (tertiary/aromatic N) is 3. The molecule has 2 aromatic rings. The standard InChI is InChI=1S/C17H13N5O4/c1-11(13-4-8-15(9-5-13)22(25)26)20-21-17(24)16(23)19-14-6-2-12(10-18)3-7-14/h2-9H,1H3,(H,19,23)(H,21,24)/b20-11+. The van der Waals surface area contributed by atoms with Crippen LogP contribution in [0.2, 0.25) is 0 Å². The SMILES string of the molecule is C/C(=N\NC(=O)C(=O)Nc1ccc(C#N)cc1)c1ccc([N+](=O)[O-])cc1. The third kappa shape index (κ3) is 4.72. The number of nitro groups is 1. The second kappa shape index (κ2) is 8.16. The second-order valence-corrected chi connectivity index (χ2v) is 5.09. The van der Waals surface area contributed by atoms with Crippen LogP contribution >= 0.6 is 0 Å². The molecule has 0 atom stereocenters. The van der Waals surface area contributed by atoms with E-state index < -0.39 is 16.7 Å². The first-order valence-electron chi connectivity index (χ1n) is 7.31. The lowest BCUT2D eigenvalue weighted by atomic mass is 10.1. The summed E-state index contributed by atoms with van der Waals surface area (Å²) in [5.74, 6) is -1.90. The fourth-order valence-corrected chi connectivity index (χ4v) is 1.89. The number of hydrogen-bond donors (Lipinski definition) is 2. The summed E-state index contributed by atoms with van der Waals surface area (Å²) in [7, 11) is 0. The Morgan fingerprint density at radius 3 is 2.23 bits per heavy atom. The van der Waals surface area contributed by atoms with Gasteiger partial charge in [0.1, 0.15) is 0 Å². The minimum atomic E-state index is -0.976. The highest BCUT2D eigenvalue weighted by Crippen LogP contribution is 2.12. The van der Waals surface area contributed by atoms with Gasteiger partial charge in [-0.2, -0.15) is 10.4 Å². The molecule has 0 spiro atoms. The quantitative estimate of drug-likeness (QED) is 0.375. The average Bonchev–Trinajstić information content (AvgIpc) is 2.66. The smallest absolute Gasteiger partial charge is 0.318 e. The van der Waals surface area contributed by atoms with Crippen LogP contribution in [0.15, 0.2) is 53.6 Å². The summed E-state index contributed by atoms with van der Waals surface area (Å²) < 4.78 is 0. The molecule has 0 unspecified atom stereocenters. The molecule has 130 valence electrons. The summed E-state index contributed by atoms with van der Waals surface area (Å²) in [6, 6.07) is 13.5. The van der Waals surface area contributed by atoms with Gasteiger partial charge >= 0.3 is 11.8 Å². The molecule has 0 aliphatic heterocycles. The van der Waals surface area contributed by atoms with E-state index in [0.29, 0.717) is 22.5 Å². The van der Waals surface area contributed by atoms with Crippen LogP contribution < -0.4 is 10.7 Å². The molecule has 0 radical (unpaired) electrons. The van der Waals surface area contributed by atoms with Crippen molar-refractivity contribution >= 4 is 28.9 Å². The largest absolute Gasteiger partial charge is 0.329 e. The summed E-state index contributed by atoms with van der Waals surface area (Å²) in [4.78, 5) is 33.7. The van der Waals surface area contributed by atoms with Crippen LogP contribution in [0.4, 0.5) is 11.4 Å². The van der Waals surface area contributed by atoms with Crippen molar-refractivity contribution in [2.45, 2.75) is 6.92 Å². The summed E-state index contributed by atoms with van der Waals surface area (Å²) in [5.41, 5.74) is 3.77. The van der Waals surface area contributed by atoms with Gasteiger partial charge in [0.25, 0.3) is 5.69 Å². The fourth-order valence-electron chi connectivity index (χ4n) is 1.89. The first kappa shape index (κ1) is 18.3. The first-order valence-corrected chi connectivity index (χ1v) is 7.31. The van der Waals surface area contributed by atoms with Crippen LogP contribution in [0.3, 0.4) is 0 Å². The highest BCUT2D eigenvalue weighted by molar-refractivity contribution is 6.39. The Morgan fingerprint density at radius 2 is 1.69 bits per heavy atom. The van der Waals surface area contributed by atoms with E-state index in [4.69, 9.17) is 5.26 Å². The number of hydrazone groups is 1. The van der Waals surface area contributed by atoms with Gasteiger partial charge in [-0.25, -0.2) is 5.43 Å². The molecule has 0 saturated heterocycles. The van der Waals surface area contributed by atoms with E-state index in [2.05, 4.69) is 15.8 Å². The number of nitriles is 1. The number of carbonyl (C=O) groups excluding carboxylic acids is 2. The van der Waals surface area contributed by atoms with Crippen molar-refractivity contribution in [3.63, 3.8) is 0 Å². The Labute approximate surface area is 148 Å². The van der Waals surface area contributed by atoms with E-state index in [9.17, 15) is 19.7 Å². The van der Waals surface area contributed by atoms with Crippen molar-refractivity contribution in [2.75, 3.05) is 5.32 Å². The number of non-ortho nitro benzene ring substituents is 1. The van der Waals surface area contributed by atoms with Gasteiger partial charge in [0, 0.05) is 17.8 Å². The zero-order chi connectivity index (χ0) is 19.1. The molecule has 0 saturated carbocycles. The lowest BCUT2D eigenvalue weighted by Gasteiger charge is -2.05. The molecule has 2 aromatic carbocycles. The minimum absolute atomic E-state index is 0.0626. The second-order valence-electron chi connectivity index (χ2n) is 5.09.